The lowest BCUT2D eigenvalue weighted by Crippen LogP contribution is -2.00. The van der Waals surface area contributed by atoms with Crippen LogP contribution in [0.1, 0.15) is 11.5 Å². The second kappa shape index (κ2) is 5.26. The number of aromatic nitrogens is 5. The molecule has 0 aliphatic carbocycles. The van der Waals surface area contributed by atoms with Crippen LogP contribution < -0.4 is 0 Å². The highest BCUT2D eigenvalue weighted by Gasteiger charge is 2.06. The number of benzene rings is 1. The monoisotopic (exact) mass is 307 g/mol. The second-order valence-electron chi connectivity index (χ2n) is 4.36. The van der Waals surface area contributed by atoms with E-state index in [0.717, 1.165) is 17.2 Å². The quantitative estimate of drug-likeness (QED) is 0.747. The van der Waals surface area contributed by atoms with E-state index in [1.165, 1.54) is 0 Å². The Hall–Kier alpha value is -1.85. The summed E-state index contributed by atoms with van der Waals surface area (Å²) in [6.45, 7) is 2.58. The van der Waals surface area contributed by atoms with Crippen molar-refractivity contribution in [1.82, 2.24) is 24.5 Å². The van der Waals surface area contributed by atoms with Crippen LogP contribution in [0.25, 0.3) is 5.69 Å². The molecule has 0 aliphatic heterocycles. The van der Waals surface area contributed by atoms with Gasteiger partial charge >= 0.3 is 0 Å². The molecule has 0 spiro atoms. The fourth-order valence-electron chi connectivity index (χ4n) is 1.87. The Morgan fingerprint density at radius 2 is 2.05 bits per heavy atom. The molecular weight excluding hydrogens is 297 g/mol. The van der Waals surface area contributed by atoms with Gasteiger partial charge in [-0.2, -0.15) is 0 Å². The highest BCUT2D eigenvalue weighted by atomic mass is 35.5. The van der Waals surface area contributed by atoms with Crippen LogP contribution in [-0.2, 0) is 6.54 Å². The molecule has 2 heterocycles. The summed E-state index contributed by atoms with van der Waals surface area (Å²) in [5.74, 6) is 0.939. The molecule has 0 fully saturated rings. The Morgan fingerprint density at radius 1 is 1.20 bits per heavy atom. The molecule has 0 atom stereocenters. The zero-order valence-corrected chi connectivity index (χ0v) is 12.2. The first-order chi connectivity index (χ1) is 9.63. The van der Waals surface area contributed by atoms with Crippen LogP contribution >= 0.6 is 23.2 Å². The molecule has 5 nitrogen and oxygen atoms in total. The maximum Gasteiger partial charge on any atom is 0.105 e. The summed E-state index contributed by atoms with van der Waals surface area (Å²) in [7, 11) is 0. The number of halogens is 2. The lowest BCUT2D eigenvalue weighted by molar-refractivity contribution is 0.733. The van der Waals surface area contributed by atoms with Crippen LogP contribution in [-0.4, -0.2) is 24.5 Å². The van der Waals surface area contributed by atoms with E-state index in [9.17, 15) is 0 Å². The summed E-state index contributed by atoms with van der Waals surface area (Å²) in [5, 5.41) is 9.26. The second-order valence-corrected chi connectivity index (χ2v) is 5.17. The summed E-state index contributed by atoms with van der Waals surface area (Å²) in [6, 6.07) is 5.33. The van der Waals surface area contributed by atoms with E-state index in [2.05, 4.69) is 15.3 Å². The van der Waals surface area contributed by atoms with Crippen LogP contribution in [0.15, 0.2) is 36.8 Å². The molecule has 0 radical (unpaired) electrons. The molecule has 0 saturated carbocycles. The largest absolute Gasteiger partial charge is 0.329 e. The number of imidazole rings is 1. The fourth-order valence-corrected chi connectivity index (χ4v) is 2.16. The standard InChI is InChI=1S/C13H11Cl2N5/c1-9-16-4-5-19(9)7-10-8-20(18-17-10)11-2-3-12(14)13(15)6-11/h2-6,8H,7H2,1H3. The molecule has 102 valence electrons. The average molecular weight is 308 g/mol. The van der Waals surface area contributed by atoms with Crippen LogP contribution in [0.3, 0.4) is 0 Å². The maximum absolute atomic E-state index is 6.00. The van der Waals surface area contributed by atoms with Crippen molar-refractivity contribution in [2.45, 2.75) is 13.5 Å². The lowest BCUT2D eigenvalue weighted by atomic mass is 10.3. The molecule has 0 amide bonds. The number of hydrogen-bond acceptors (Lipinski definition) is 3. The normalized spacial score (nSPS) is 10.9. The van der Waals surface area contributed by atoms with Crippen molar-refractivity contribution in [3.8, 4) is 5.69 Å². The van der Waals surface area contributed by atoms with E-state index in [-0.39, 0.29) is 0 Å². The Kier molecular flexibility index (Phi) is 3.46. The number of rotatable bonds is 3. The van der Waals surface area contributed by atoms with Gasteiger partial charge in [-0.3, -0.25) is 0 Å². The van der Waals surface area contributed by atoms with E-state index in [0.29, 0.717) is 16.6 Å². The zero-order chi connectivity index (χ0) is 14.1. The summed E-state index contributed by atoms with van der Waals surface area (Å²) in [4.78, 5) is 4.17. The van der Waals surface area contributed by atoms with Gasteiger partial charge in [-0.25, -0.2) is 9.67 Å². The lowest BCUT2D eigenvalue weighted by Gasteiger charge is -2.02. The fraction of sp³-hybridized carbons (Fsp3) is 0.154. The summed E-state index contributed by atoms with van der Waals surface area (Å²) < 4.78 is 3.67. The minimum Gasteiger partial charge on any atom is -0.329 e. The smallest absolute Gasteiger partial charge is 0.105 e. The molecular formula is C13H11Cl2N5. The van der Waals surface area contributed by atoms with Gasteiger partial charge in [-0.15, -0.1) is 5.10 Å². The molecule has 2 aromatic heterocycles. The van der Waals surface area contributed by atoms with Crippen LogP contribution in [0.2, 0.25) is 10.0 Å². The molecule has 0 aliphatic rings. The first-order valence-electron chi connectivity index (χ1n) is 5.98. The third-order valence-corrected chi connectivity index (χ3v) is 3.70. The van der Waals surface area contributed by atoms with Crippen molar-refractivity contribution < 1.29 is 0 Å². The van der Waals surface area contributed by atoms with Gasteiger partial charge in [-0.1, -0.05) is 28.4 Å². The highest BCUT2D eigenvalue weighted by molar-refractivity contribution is 6.42. The van der Waals surface area contributed by atoms with E-state index >= 15 is 0 Å². The molecule has 3 rings (SSSR count). The Labute approximate surface area is 125 Å². The van der Waals surface area contributed by atoms with Crippen molar-refractivity contribution in [2.24, 2.45) is 0 Å². The summed E-state index contributed by atoms with van der Waals surface area (Å²) >= 11 is 11.9. The van der Waals surface area contributed by atoms with Crippen LogP contribution in [0, 0.1) is 6.92 Å². The number of hydrogen-bond donors (Lipinski definition) is 0. The Bertz CT molecular complexity index is 747. The molecule has 0 saturated heterocycles. The predicted octanol–water partition coefficient (Wildman–Crippen LogP) is 3.13. The average Bonchev–Trinajstić information content (AvgIpc) is 3.04. The van der Waals surface area contributed by atoms with Crippen molar-refractivity contribution in [3.63, 3.8) is 0 Å². The predicted molar refractivity (Wildman–Crippen MR) is 77.4 cm³/mol. The molecule has 0 unspecified atom stereocenters. The third kappa shape index (κ3) is 2.55. The van der Waals surface area contributed by atoms with Crippen molar-refractivity contribution in [1.29, 1.82) is 0 Å². The van der Waals surface area contributed by atoms with Gasteiger partial charge < -0.3 is 4.57 Å². The van der Waals surface area contributed by atoms with Gasteiger partial charge in [0.15, 0.2) is 0 Å². The molecule has 20 heavy (non-hydrogen) atoms. The summed E-state index contributed by atoms with van der Waals surface area (Å²) in [5.41, 5.74) is 1.66. The topological polar surface area (TPSA) is 48.5 Å². The van der Waals surface area contributed by atoms with Gasteiger partial charge in [-0.05, 0) is 25.1 Å². The van der Waals surface area contributed by atoms with Gasteiger partial charge in [0.1, 0.15) is 11.5 Å². The SMILES string of the molecule is Cc1nccn1Cc1cn(-c2ccc(Cl)c(Cl)c2)nn1. The highest BCUT2D eigenvalue weighted by Crippen LogP contribution is 2.24. The number of aryl methyl sites for hydroxylation is 1. The third-order valence-electron chi connectivity index (χ3n) is 2.96. The molecule has 0 bridgehead atoms. The van der Waals surface area contributed by atoms with E-state index in [1.807, 2.05) is 30.0 Å². The molecule has 1 aromatic carbocycles. The van der Waals surface area contributed by atoms with Crippen LogP contribution in [0.5, 0.6) is 0 Å². The van der Waals surface area contributed by atoms with Crippen molar-refractivity contribution in [3.05, 3.63) is 58.4 Å². The van der Waals surface area contributed by atoms with Crippen LogP contribution in [0.4, 0.5) is 0 Å². The van der Waals surface area contributed by atoms with E-state index in [4.69, 9.17) is 23.2 Å². The van der Waals surface area contributed by atoms with Crippen molar-refractivity contribution >= 4 is 23.2 Å². The molecule has 0 N–H and O–H groups in total. The minimum absolute atomic E-state index is 0.492. The van der Waals surface area contributed by atoms with E-state index < -0.39 is 0 Å². The number of nitrogens with zero attached hydrogens (tertiary/aromatic N) is 5. The Balaban J connectivity index is 1.86. The first kappa shape index (κ1) is 13.1. The van der Waals surface area contributed by atoms with Gasteiger partial charge in [0, 0.05) is 12.4 Å². The molecule has 3 aromatic rings. The van der Waals surface area contributed by atoms with Crippen molar-refractivity contribution in [2.75, 3.05) is 0 Å². The molecule has 7 heteroatoms. The Morgan fingerprint density at radius 3 is 2.75 bits per heavy atom. The zero-order valence-electron chi connectivity index (χ0n) is 10.7. The summed E-state index contributed by atoms with van der Waals surface area (Å²) in [6.07, 6.45) is 5.53. The first-order valence-corrected chi connectivity index (χ1v) is 6.73. The van der Waals surface area contributed by atoms with Gasteiger partial charge in [0.05, 0.1) is 28.5 Å². The van der Waals surface area contributed by atoms with Gasteiger partial charge in [0.2, 0.25) is 0 Å². The maximum atomic E-state index is 6.00. The van der Waals surface area contributed by atoms with E-state index in [1.54, 1.807) is 23.0 Å². The van der Waals surface area contributed by atoms with Gasteiger partial charge in [0.25, 0.3) is 0 Å². The minimum atomic E-state index is 0.492.